The number of rotatable bonds is 9. The van der Waals surface area contributed by atoms with E-state index < -0.39 is 10.0 Å². The maximum absolute atomic E-state index is 12.2. The molecule has 0 aromatic carbocycles. The van der Waals surface area contributed by atoms with Crippen molar-refractivity contribution >= 4 is 21.4 Å². The molecule has 0 radical (unpaired) electrons. The average molecular weight is 290 g/mol. The normalized spacial score (nSPS) is 12.2. The van der Waals surface area contributed by atoms with Crippen molar-refractivity contribution in [1.29, 1.82) is 0 Å². The Balaban J connectivity index is 2.51. The van der Waals surface area contributed by atoms with Crippen molar-refractivity contribution in [2.24, 2.45) is 0 Å². The minimum Gasteiger partial charge on any atom is -0.320 e. The Hall–Kier alpha value is -0.430. The molecule has 0 bridgehead atoms. The zero-order chi connectivity index (χ0) is 13.4. The van der Waals surface area contributed by atoms with Crippen LogP contribution in [0, 0.1) is 0 Å². The number of nitrogens with one attached hydrogen (secondary N) is 1. The highest BCUT2D eigenvalue weighted by atomic mass is 32.2. The summed E-state index contributed by atoms with van der Waals surface area (Å²) >= 11 is 1.60. The van der Waals surface area contributed by atoms with Gasteiger partial charge in [-0.2, -0.15) is 4.31 Å². The van der Waals surface area contributed by atoms with Crippen LogP contribution in [0.4, 0.5) is 0 Å². The largest absolute Gasteiger partial charge is 0.320 e. The molecule has 0 unspecified atom stereocenters. The Morgan fingerprint density at radius 3 is 2.72 bits per heavy atom. The molecule has 0 aliphatic rings. The summed E-state index contributed by atoms with van der Waals surface area (Å²) in [5.41, 5.74) is 0. The summed E-state index contributed by atoms with van der Waals surface area (Å²) in [6, 6.07) is 3.93. The number of sulfonamides is 1. The number of unbranched alkanes of at least 4 members (excludes halogenated alkanes) is 1. The first-order chi connectivity index (χ1) is 8.60. The van der Waals surface area contributed by atoms with E-state index in [1.165, 1.54) is 0 Å². The van der Waals surface area contributed by atoms with Gasteiger partial charge in [0.05, 0.1) is 5.75 Å². The van der Waals surface area contributed by atoms with Gasteiger partial charge in [-0.25, -0.2) is 8.42 Å². The maximum atomic E-state index is 12.2. The molecular formula is C12H22N2O2S2. The van der Waals surface area contributed by atoms with Crippen molar-refractivity contribution in [3.63, 3.8) is 0 Å². The quantitative estimate of drug-likeness (QED) is 0.707. The van der Waals surface area contributed by atoms with E-state index in [-0.39, 0.29) is 5.75 Å². The molecule has 18 heavy (non-hydrogen) atoms. The lowest BCUT2D eigenvalue weighted by atomic mass is 10.3. The summed E-state index contributed by atoms with van der Waals surface area (Å²) in [5, 5.41) is 5.00. The molecule has 4 nitrogen and oxygen atoms in total. The van der Waals surface area contributed by atoms with Crippen LogP contribution in [0.3, 0.4) is 0 Å². The van der Waals surface area contributed by atoms with Crippen molar-refractivity contribution in [3.8, 4) is 0 Å². The van der Waals surface area contributed by atoms with Crippen LogP contribution in [0.25, 0.3) is 0 Å². The highest BCUT2D eigenvalue weighted by Crippen LogP contribution is 2.15. The lowest BCUT2D eigenvalue weighted by molar-refractivity contribution is 0.425. The van der Waals surface area contributed by atoms with Gasteiger partial charge in [0.25, 0.3) is 0 Å². The topological polar surface area (TPSA) is 49.4 Å². The summed E-state index contributed by atoms with van der Waals surface area (Å²) in [6.45, 7) is 3.79. The zero-order valence-corrected chi connectivity index (χ0v) is 12.7. The molecule has 0 aliphatic carbocycles. The Morgan fingerprint density at radius 1 is 1.39 bits per heavy atom. The number of nitrogens with zero attached hydrogens (tertiary/aromatic N) is 1. The second-order valence-electron chi connectivity index (χ2n) is 4.13. The predicted octanol–water partition coefficient (Wildman–Crippen LogP) is 1.90. The number of thiophene rings is 1. The van der Waals surface area contributed by atoms with Crippen LogP contribution < -0.4 is 5.32 Å². The molecule has 1 aromatic rings. The average Bonchev–Trinajstić information content (AvgIpc) is 2.84. The first-order valence-corrected chi connectivity index (χ1v) is 8.74. The van der Waals surface area contributed by atoms with Gasteiger partial charge in [0.1, 0.15) is 0 Å². The minimum atomic E-state index is -3.12. The Labute approximate surface area is 114 Å². The molecule has 0 amide bonds. The molecule has 0 saturated carbocycles. The molecule has 1 N–H and O–H groups in total. The van der Waals surface area contributed by atoms with E-state index >= 15 is 0 Å². The number of hydrogen-bond donors (Lipinski definition) is 1. The lowest BCUT2D eigenvalue weighted by Crippen LogP contribution is -2.32. The van der Waals surface area contributed by atoms with E-state index in [0.717, 1.165) is 17.8 Å². The Bertz CT molecular complexity index is 415. The zero-order valence-electron chi connectivity index (χ0n) is 11.1. The molecule has 1 aromatic heterocycles. The molecule has 6 heteroatoms. The van der Waals surface area contributed by atoms with Crippen molar-refractivity contribution in [3.05, 3.63) is 22.4 Å². The van der Waals surface area contributed by atoms with Crippen molar-refractivity contribution in [2.75, 3.05) is 25.9 Å². The van der Waals surface area contributed by atoms with Crippen LogP contribution in [0.5, 0.6) is 0 Å². The van der Waals surface area contributed by atoms with Crippen LogP contribution in [0.15, 0.2) is 17.5 Å². The van der Waals surface area contributed by atoms with Crippen LogP contribution >= 0.6 is 11.3 Å². The van der Waals surface area contributed by atoms with E-state index in [9.17, 15) is 8.42 Å². The van der Waals surface area contributed by atoms with Gasteiger partial charge in [-0.1, -0.05) is 13.0 Å². The first kappa shape index (κ1) is 15.6. The van der Waals surface area contributed by atoms with Crippen molar-refractivity contribution in [2.45, 2.75) is 26.3 Å². The standard InChI is InChI=1S/C12H22N2O2S2/c1-3-14(11-12-7-6-9-17-12)18(15,16)10-5-4-8-13-2/h6-7,9,13H,3-5,8,10-11H2,1-2H3. The highest BCUT2D eigenvalue weighted by molar-refractivity contribution is 7.89. The van der Waals surface area contributed by atoms with Crippen LogP contribution in [-0.4, -0.2) is 38.6 Å². The lowest BCUT2D eigenvalue weighted by Gasteiger charge is -2.19. The van der Waals surface area contributed by atoms with Crippen molar-refractivity contribution < 1.29 is 8.42 Å². The van der Waals surface area contributed by atoms with Gasteiger partial charge in [-0.15, -0.1) is 11.3 Å². The smallest absolute Gasteiger partial charge is 0.214 e. The number of hydrogen-bond acceptors (Lipinski definition) is 4. The van der Waals surface area contributed by atoms with Crippen LogP contribution in [0.1, 0.15) is 24.6 Å². The third-order valence-corrected chi connectivity index (χ3v) is 5.58. The second-order valence-corrected chi connectivity index (χ2v) is 7.25. The third-order valence-electron chi connectivity index (χ3n) is 2.74. The predicted molar refractivity (Wildman–Crippen MR) is 77.4 cm³/mol. The summed E-state index contributed by atoms with van der Waals surface area (Å²) in [4.78, 5) is 1.09. The molecule has 104 valence electrons. The molecule has 0 fully saturated rings. The fraction of sp³-hybridized carbons (Fsp3) is 0.667. The van der Waals surface area contributed by atoms with Gasteiger partial charge in [0, 0.05) is 18.0 Å². The fourth-order valence-electron chi connectivity index (χ4n) is 1.70. The second kappa shape index (κ2) is 7.89. The van der Waals surface area contributed by atoms with E-state index in [1.807, 2.05) is 31.5 Å². The third kappa shape index (κ3) is 5.06. The summed E-state index contributed by atoms with van der Waals surface area (Å²) in [7, 11) is -1.24. The van der Waals surface area contributed by atoms with Gasteiger partial charge in [-0.3, -0.25) is 0 Å². The molecule has 0 saturated heterocycles. The van der Waals surface area contributed by atoms with E-state index in [2.05, 4.69) is 5.32 Å². The van der Waals surface area contributed by atoms with Crippen LogP contribution in [0.2, 0.25) is 0 Å². The fourth-order valence-corrected chi connectivity index (χ4v) is 4.06. The molecule has 0 aliphatic heterocycles. The summed E-state index contributed by atoms with van der Waals surface area (Å²) < 4.78 is 25.9. The van der Waals surface area contributed by atoms with Gasteiger partial charge in [0.2, 0.25) is 10.0 Å². The molecular weight excluding hydrogens is 268 g/mol. The Morgan fingerprint density at radius 2 is 2.17 bits per heavy atom. The van der Waals surface area contributed by atoms with Gasteiger partial charge >= 0.3 is 0 Å². The van der Waals surface area contributed by atoms with Gasteiger partial charge in [-0.05, 0) is 37.9 Å². The first-order valence-electron chi connectivity index (χ1n) is 6.25. The summed E-state index contributed by atoms with van der Waals surface area (Å²) in [5.74, 6) is 0.244. The van der Waals surface area contributed by atoms with E-state index in [1.54, 1.807) is 15.6 Å². The summed E-state index contributed by atoms with van der Waals surface area (Å²) in [6.07, 6.45) is 1.61. The molecule has 0 atom stereocenters. The van der Waals surface area contributed by atoms with Crippen LogP contribution in [-0.2, 0) is 16.6 Å². The van der Waals surface area contributed by atoms with Gasteiger partial charge in [0.15, 0.2) is 0 Å². The highest BCUT2D eigenvalue weighted by Gasteiger charge is 2.20. The molecule has 0 spiro atoms. The molecule has 1 rings (SSSR count). The van der Waals surface area contributed by atoms with E-state index in [4.69, 9.17) is 0 Å². The minimum absolute atomic E-state index is 0.244. The molecule has 1 heterocycles. The maximum Gasteiger partial charge on any atom is 0.214 e. The van der Waals surface area contributed by atoms with E-state index in [0.29, 0.717) is 19.5 Å². The Kier molecular flexibility index (Phi) is 6.85. The van der Waals surface area contributed by atoms with Crippen molar-refractivity contribution in [1.82, 2.24) is 9.62 Å². The monoisotopic (exact) mass is 290 g/mol. The van der Waals surface area contributed by atoms with Gasteiger partial charge < -0.3 is 5.32 Å². The SMILES string of the molecule is CCN(Cc1cccs1)S(=O)(=O)CCCCNC.